The molecule has 1 rings (SSSR count). The summed E-state index contributed by atoms with van der Waals surface area (Å²) in [6, 6.07) is 6.83. The van der Waals surface area contributed by atoms with Gasteiger partial charge in [0, 0.05) is 18.2 Å². The number of hydrogen-bond donors (Lipinski definition) is 2. The number of nitrogens with two attached hydrogens (primary N) is 1. The molecule has 0 saturated carbocycles. The predicted molar refractivity (Wildman–Crippen MR) is 92.9 cm³/mol. The minimum Gasteiger partial charge on any atom is -0.330 e. The van der Waals surface area contributed by atoms with E-state index in [2.05, 4.69) is 5.32 Å². The van der Waals surface area contributed by atoms with E-state index in [1.165, 1.54) is 0 Å². The molecule has 0 fully saturated rings. The summed E-state index contributed by atoms with van der Waals surface area (Å²) in [4.78, 5) is 11.7. The molecule has 0 saturated heterocycles. The highest BCUT2D eigenvalue weighted by atomic mass is 35.5. The first-order chi connectivity index (χ1) is 9.56. The summed E-state index contributed by atoms with van der Waals surface area (Å²) in [5.74, 6) is -0.414. The van der Waals surface area contributed by atoms with E-state index in [9.17, 15) is 13.2 Å². The van der Waals surface area contributed by atoms with Crippen molar-refractivity contribution in [2.24, 2.45) is 11.7 Å². The van der Waals surface area contributed by atoms with Crippen molar-refractivity contribution in [2.75, 3.05) is 11.9 Å². The Bertz CT molecular complexity index is 592. The van der Waals surface area contributed by atoms with Gasteiger partial charge in [0.15, 0.2) is 9.84 Å². The smallest absolute Gasteiger partial charge is 0.228 e. The standard InChI is InChI=1S/C15H24N2O3S.ClH/c1-11(9-16)14(18)17-13-7-5-12(6-8-13)10-21(19,20)15(2,3)4;/h5-8,11H,9-10,16H2,1-4H3,(H,17,18);1H. The predicted octanol–water partition coefficient (Wildman–Crippen LogP) is 2.36. The number of halogens is 1. The first-order valence-electron chi connectivity index (χ1n) is 6.89. The van der Waals surface area contributed by atoms with Crippen molar-refractivity contribution in [1.29, 1.82) is 0 Å². The van der Waals surface area contributed by atoms with E-state index in [1.54, 1.807) is 52.0 Å². The van der Waals surface area contributed by atoms with Crippen molar-refractivity contribution in [3.8, 4) is 0 Å². The van der Waals surface area contributed by atoms with Gasteiger partial charge in [0.25, 0.3) is 0 Å². The first kappa shape index (κ1) is 20.9. The number of carbonyl (C=O) groups excluding carboxylic acids is 1. The van der Waals surface area contributed by atoms with Crippen LogP contribution in [0.15, 0.2) is 24.3 Å². The van der Waals surface area contributed by atoms with E-state index >= 15 is 0 Å². The van der Waals surface area contributed by atoms with Gasteiger partial charge in [0.2, 0.25) is 5.91 Å². The molecule has 0 spiro atoms. The molecule has 0 aliphatic heterocycles. The van der Waals surface area contributed by atoms with Crippen molar-refractivity contribution in [3.63, 3.8) is 0 Å². The van der Waals surface area contributed by atoms with Crippen LogP contribution in [0.5, 0.6) is 0 Å². The molecule has 22 heavy (non-hydrogen) atoms. The lowest BCUT2D eigenvalue weighted by molar-refractivity contribution is -0.119. The molecular weight excluding hydrogens is 324 g/mol. The third kappa shape index (κ3) is 5.59. The SMILES string of the molecule is CC(CN)C(=O)Nc1ccc(CS(=O)(=O)C(C)(C)C)cc1.Cl. The summed E-state index contributed by atoms with van der Waals surface area (Å²) in [7, 11) is -3.21. The van der Waals surface area contributed by atoms with Crippen LogP contribution in [0.3, 0.4) is 0 Å². The van der Waals surface area contributed by atoms with Gasteiger partial charge < -0.3 is 11.1 Å². The van der Waals surface area contributed by atoms with Crippen LogP contribution in [-0.2, 0) is 20.4 Å². The van der Waals surface area contributed by atoms with Crippen LogP contribution < -0.4 is 11.1 Å². The largest absolute Gasteiger partial charge is 0.330 e. The first-order valence-corrected chi connectivity index (χ1v) is 8.54. The fraction of sp³-hybridized carbons (Fsp3) is 0.533. The molecule has 0 aliphatic carbocycles. The Kier molecular flexibility index (Phi) is 7.54. The zero-order valence-electron chi connectivity index (χ0n) is 13.4. The minimum absolute atomic E-state index is 0. The zero-order chi connectivity index (χ0) is 16.3. The van der Waals surface area contributed by atoms with E-state index in [-0.39, 0.29) is 36.5 Å². The lowest BCUT2D eigenvalue weighted by atomic mass is 10.1. The Morgan fingerprint density at radius 3 is 2.14 bits per heavy atom. The van der Waals surface area contributed by atoms with Gasteiger partial charge in [-0.1, -0.05) is 19.1 Å². The quantitative estimate of drug-likeness (QED) is 0.854. The molecule has 5 nitrogen and oxygen atoms in total. The lowest BCUT2D eigenvalue weighted by Gasteiger charge is -2.19. The Morgan fingerprint density at radius 2 is 1.73 bits per heavy atom. The molecular formula is C15H25ClN2O3S. The van der Waals surface area contributed by atoms with E-state index in [0.29, 0.717) is 11.3 Å². The molecule has 1 aromatic carbocycles. The Balaban J connectivity index is 0.00000441. The second-order valence-corrected chi connectivity index (χ2v) is 8.94. The van der Waals surface area contributed by atoms with Crippen LogP contribution in [0.25, 0.3) is 0 Å². The summed E-state index contributed by atoms with van der Waals surface area (Å²) >= 11 is 0. The number of anilines is 1. The number of amides is 1. The molecule has 0 bridgehead atoms. The second-order valence-electron chi connectivity index (χ2n) is 6.19. The maximum atomic E-state index is 12.1. The molecule has 1 atom stereocenters. The van der Waals surface area contributed by atoms with Gasteiger partial charge in [0.05, 0.1) is 10.5 Å². The summed E-state index contributed by atoms with van der Waals surface area (Å²) in [6.45, 7) is 7.09. The summed E-state index contributed by atoms with van der Waals surface area (Å²) < 4.78 is 23.5. The summed E-state index contributed by atoms with van der Waals surface area (Å²) in [5.41, 5.74) is 6.77. The molecule has 126 valence electrons. The lowest BCUT2D eigenvalue weighted by Crippen LogP contribution is -2.29. The van der Waals surface area contributed by atoms with Crippen LogP contribution in [0.4, 0.5) is 5.69 Å². The molecule has 7 heteroatoms. The van der Waals surface area contributed by atoms with E-state index in [1.807, 2.05) is 0 Å². The fourth-order valence-corrected chi connectivity index (χ4v) is 2.56. The van der Waals surface area contributed by atoms with E-state index in [4.69, 9.17) is 5.73 Å². The molecule has 0 aliphatic rings. The monoisotopic (exact) mass is 348 g/mol. The number of sulfone groups is 1. The number of hydrogen-bond acceptors (Lipinski definition) is 4. The van der Waals surface area contributed by atoms with Gasteiger partial charge in [-0.3, -0.25) is 4.79 Å². The minimum atomic E-state index is -3.21. The van der Waals surface area contributed by atoms with Crippen LogP contribution in [0, 0.1) is 5.92 Å². The highest BCUT2D eigenvalue weighted by Gasteiger charge is 2.28. The van der Waals surface area contributed by atoms with E-state index < -0.39 is 14.6 Å². The molecule has 0 radical (unpaired) electrons. The zero-order valence-corrected chi connectivity index (χ0v) is 15.1. The van der Waals surface area contributed by atoms with Crippen LogP contribution in [-0.4, -0.2) is 25.6 Å². The van der Waals surface area contributed by atoms with Gasteiger partial charge in [-0.2, -0.15) is 0 Å². The van der Waals surface area contributed by atoms with Crippen molar-refractivity contribution < 1.29 is 13.2 Å². The third-order valence-electron chi connectivity index (χ3n) is 3.31. The average molecular weight is 349 g/mol. The second kappa shape index (κ2) is 7.94. The van der Waals surface area contributed by atoms with Gasteiger partial charge in [-0.05, 0) is 38.5 Å². The van der Waals surface area contributed by atoms with Crippen molar-refractivity contribution >= 4 is 33.8 Å². The number of carbonyl (C=O) groups is 1. The van der Waals surface area contributed by atoms with Crippen molar-refractivity contribution in [1.82, 2.24) is 0 Å². The van der Waals surface area contributed by atoms with E-state index in [0.717, 1.165) is 0 Å². The molecule has 1 amide bonds. The molecule has 0 heterocycles. The van der Waals surface area contributed by atoms with Gasteiger partial charge in [-0.25, -0.2) is 8.42 Å². The molecule has 3 N–H and O–H groups in total. The Morgan fingerprint density at radius 1 is 1.23 bits per heavy atom. The normalized spacial score (nSPS) is 13.1. The summed E-state index contributed by atoms with van der Waals surface area (Å²) in [6.07, 6.45) is 0. The summed E-state index contributed by atoms with van der Waals surface area (Å²) in [5, 5.41) is 2.74. The average Bonchev–Trinajstić information content (AvgIpc) is 2.38. The Hall–Kier alpha value is -1.11. The highest BCUT2D eigenvalue weighted by Crippen LogP contribution is 2.21. The van der Waals surface area contributed by atoms with Gasteiger partial charge >= 0.3 is 0 Å². The molecule has 0 aromatic heterocycles. The molecule has 1 aromatic rings. The van der Waals surface area contributed by atoms with Crippen molar-refractivity contribution in [2.45, 2.75) is 38.2 Å². The fourth-order valence-electron chi connectivity index (χ4n) is 1.49. The van der Waals surface area contributed by atoms with Gasteiger partial charge in [0.1, 0.15) is 0 Å². The topological polar surface area (TPSA) is 89.3 Å². The molecule has 1 unspecified atom stereocenters. The van der Waals surface area contributed by atoms with Crippen LogP contribution in [0.1, 0.15) is 33.3 Å². The number of benzene rings is 1. The highest BCUT2D eigenvalue weighted by molar-refractivity contribution is 7.91. The maximum absolute atomic E-state index is 12.1. The third-order valence-corrected chi connectivity index (χ3v) is 5.89. The van der Waals surface area contributed by atoms with Crippen LogP contribution in [0.2, 0.25) is 0 Å². The van der Waals surface area contributed by atoms with Crippen molar-refractivity contribution in [3.05, 3.63) is 29.8 Å². The maximum Gasteiger partial charge on any atom is 0.228 e. The number of nitrogens with one attached hydrogen (secondary N) is 1. The number of rotatable bonds is 5. The van der Waals surface area contributed by atoms with Gasteiger partial charge in [-0.15, -0.1) is 12.4 Å². The Labute approximate surface area is 139 Å². The van der Waals surface area contributed by atoms with Crippen LogP contribution >= 0.6 is 12.4 Å².